The van der Waals surface area contributed by atoms with Crippen LogP contribution in [0.2, 0.25) is 0 Å². The van der Waals surface area contributed by atoms with Gasteiger partial charge in [0.05, 0.1) is 26.3 Å². The number of carbonyl (C=O) groups excluding carboxylic acids is 1. The number of carbonyl (C=O) groups is 1. The Labute approximate surface area is 192 Å². The van der Waals surface area contributed by atoms with E-state index in [1.54, 1.807) is 20.4 Å². The smallest absolute Gasteiger partial charge is 0.270 e. The first-order valence-corrected chi connectivity index (χ1v) is 11.2. The van der Waals surface area contributed by atoms with Crippen LogP contribution in [0.15, 0.2) is 59.1 Å². The number of likely N-dealkylation sites (tertiary alicyclic amines) is 1. The van der Waals surface area contributed by atoms with Crippen molar-refractivity contribution in [2.45, 2.75) is 25.2 Å². The molecule has 2 aromatic carbocycles. The van der Waals surface area contributed by atoms with Crippen LogP contribution < -0.4 is 9.47 Å². The summed E-state index contributed by atoms with van der Waals surface area (Å²) in [7, 11) is 3.30. The first kappa shape index (κ1) is 21.1. The van der Waals surface area contributed by atoms with Crippen LogP contribution in [-0.4, -0.2) is 48.1 Å². The van der Waals surface area contributed by atoms with Gasteiger partial charge >= 0.3 is 0 Å². The average Bonchev–Trinajstić information content (AvgIpc) is 3.51. The zero-order valence-electron chi connectivity index (χ0n) is 18.8. The van der Waals surface area contributed by atoms with Gasteiger partial charge in [-0.2, -0.15) is 0 Å². The van der Waals surface area contributed by atoms with Crippen molar-refractivity contribution in [2.75, 3.05) is 27.3 Å². The number of oxazole rings is 1. The number of fused-ring (bicyclic) bond motifs is 1. The monoisotopic (exact) mass is 445 g/mol. The van der Waals surface area contributed by atoms with Crippen LogP contribution in [0.5, 0.6) is 11.5 Å². The summed E-state index contributed by atoms with van der Waals surface area (Å²) in [5.41, 5.74) is 2.64. The van der Waals surface area contributed by atoms with Crippen LogP contribution >= 0.6 is 0 Å². The number of aromatic amines is 1. The van der Waals surface area contributed by atoms with Gasteiger partial charge in [-0.05, 0) is 54.8 Å². The van der Waals surface area contributed by atoms with Crippen LogP contribution in [0.1, 0.15) is 46.5 Å². The molecule has 7 nitrogen and oxygen atoms in total. The lowest BCUT2D eigenvalue weighted by Crippen LogP contribution is -2.39. The van der Waals surface area contributed by atoms with Crippen molar-refractivity contribution >= 4 is 16.8 Å². The molecule has 1 N–H and O–H groups in total. The predicted octanol–water partition coefficient (Wildman–Crippen LogP) is 4.78. The Kier molecular flexibility index (Phi) is 5.77. The molecule has 0 radical (unpaired) electrons. The van der Waals surface area contributed by atoms with Crippen LogP contribution in [0.25, 0.3) is 10.9 Å². The van der Waals surface area contributed by atoms with E-state index in [0.717, 1.165) is 53.1 Å². The molecular weight excluding hydrogens is 418 g/mol. The lowest BCUT2D eigenvalue weighted by molar-refractivity contribution is 0.0693. The van der Waals surface area contributed by atoms with Gasteiger partial charge in [-0.15, -0.1) is 0 Å². The van der Waals surface area contributed by atoms with Gasteiger partial charge in [-0.1, -0.05) is 12.1 Å². The molecule has 1 atom stereocenters. The number of H-pyrrole nitrogens is 1. The molecule has 1 amide bonds. The quantitative estimate of drug-likeness (QED) is 0.462. The summed E-state index contributed by atoms with van der Waals surface area (Å²) in [6, 6.07) is 15.6. The summed E-state index contributed by atoms with van der Waals surface area (Å²) in [6.07, 6.45) is 4.34. The molecule has 0 unspecified atom stereocenters. The van der Waals surface area contributed by atoms with Gasteiger partial charge in [0.25, 0.3) is 5.91 Å². The maximum absolute atomic E-state index is 13.2. The summed E-state index contributed by atoms with van der Waals surface area (Å²) in [4.78, 5) is 22.9. The molecule has 0 aliphatic carbocycles. The second-order valence-corrected chi connectivity index (χ2v) is 8.42. The normalized spacial score (nSPS) is 16.2. The van der Waals surface area contributed by atoms with Crippen molar-refractivity contribution in [3.63, 3.8) is 0 Å². The molecule has 1 fully saturated rings. The van der Waals surface area contributed by atoms with Crippen molar-refractivity contribution in [1.82, 2.24) is 14.9 Å². The molecule has 1 saturated heterocycles. The number of aromatic nitrogens is 2. The summed E-state index contributed by atoms with van der Waals surface area (Å²) >= 11 is 0. The van der Waals surface area contributed by atoms with Crippen molar-refractivity contribution in [2.24, 2.45) is 0 Å². The molecule has 3 heterocycles. The fraction of sp³-hybridized carbons (Fsp3) is 0.308. The van der Waals surface area contributed by atoms with Gasteiger partial charge in [0.1, 0.15) is 23.0 Å². The molecule has 0 spiro atoms. The van der Waals surface area contributed by atoms with Crippen molar-refractivity contribution < 1.29 is 18.7 Å². The number of rotatable bonds is 6. The minimum Gasteiger partial charge on any atom is -0.497 e. The summed E-state index contributed by atoms with van der Waals surface area (Å²) < 4.78 is 16.6. The number of benzene rings is 2. The van der Waals surface area contributed by atoms with Gasteiger partial charge in [-0.25, -0.2) is 4.98 Å². The largest absolute Gasteiger partial charge is 0.497 e. The Morgan fingerprint density at radius 3 is 2.70 bits per heavy atom. The summed E-state index contributed by atoms with van der Waals surface area (Å²) in [5, 5.41) is 0.960. The van der Waals surface area contributed by atoms with Gasteiger partial charge in [0, 0.05) is 30.4 Å². The highest BCUT2D eigenvalue weighted by Crippen LogP contribution is 2.29. The van der Waals surface area contributed by atoms with Gasteiger partial charge in [0.15, 0.2) is 5.89 Å². The van der Waals surface area contributed by atoms with Crippen molar-refractivity contribution in [1.29, 1.82) is 0 Å². The molecule has 5 rings (SSSR count). The van der Waals surface area contributed by atoms with E-state index < -0.39 is 0 Å². The van der Waals surface area contributed by atoms with E-state index in [-0.39, 0.29) is 11.8 Å². The van der Waals surface area contributed by atoms with E-state index in [2.05, 4.69) is 9.97 Å². The number of methoxy groups -OCH3 is 2. The Balaban J connectivity index is 1.27. The molecule has 0 bridgehead atoms. The van der Waals surface area contributed by atoms with Gasteiger partial charge in [-0.3, -0.25) is 4.79 Å². The number of amides is 1. The Hall–Kier alpha value is -3.74. The fourth-order valence-corrected chi connectivity index (χ4v) is 4.42. The van der Waals surface area contributed by atoms with Gasteiger partial charge in [0.2, 0.25) is 0 Å². The standard InChI is InChI=1S/C26H27N3O4/c1-31-20-7-5-17(6-8-20)12-22-15-27-25(33-22)18-4-3-11-29(16-18)26(30)24-14-19-13-21(32-2)9-10-23(19)28-24/h5-10,13-15,18,28H,3-4,11-12,16H2,1-2H3/t18-/m0/s1. The summed E-state index contributed by atoms with van der Waals surface area (Å²) in [5.74, 6) is 3.23. The van der Waals surface area contributed by atoms with Gasteiger partial charge < -0.3 is 23.8 Å². The third-order valence-corrected chi connectivity index (χ3v) is 6.23. The Bertz CT molecular complexity index is 1260. The molecule has 4 aromatic rings. The number of nitrogens with one attached hydrogen (secondary N) is 1. The maximum Gasteiger partial charge on any atom is 0.270 e. The highest BCUT2D eigenvalue weighted by molar-refractivity contribution is 5.98. The zero-order valence-corrected chi connectivity index (χ0v) is 18.8. The van der Waals surface area contributed by atoms with Crippen LogP contribution in [0, 0.1) is 0 Å². The van der Waals surface area contributed by atoms with E-state index >= 15 is 0 Å². The summed E-state index contributed by atoms with van der Waals surface area (Å²) in [6.45, 7) is 1.33. The van der Waals surface area contributed by atoms with E-state index in [0.29, 0.717) is 24.6 Å². The molecule has 0 saturated carbocycles. The first-order chi connectivity index (χ1) is 16.1. The lowest BCUT2D eigenvalue weighted by Gasteiger charge is -2.31. The second-order valence-electron chi connectivity index (χ2n) is 8.42. The van der Waals surface area contributed by atoms with Crippen LogP contribution in [0.4, 0.5) is 0 Å². The molecule has 1 aliphatic rings. The Morgan fingerprint density at radius 2 is 1.91 bits per heavy atom. The fourth-order valence-electron chi connectivity index (χ4n) is 4.42. The molecule has 2 aromatic heterocycles. The lowest BCUT2D eigenvalue weighted by atomic mass is 9.97. The molecule has 7 heteroatoms. The maximum atomic E-state index is 13.2. The SMILES string of the molecule is COc1ccc(Cc2cnc([C@H]3CCCN(C(=O)c4cc5cc(OC)ccc5[nH]4)C3)o2)cc1. The first-order valence-electron chi connectivity index (χ1n) is 11.2. The van der Waals surface area contributed by atoms with Crippen molar-refractivity contribution in [3.8, 4) is 11.5 Å². The second kappa shape index (κ2) is 9.02. The minimum atomic E-state index is -0.000112. The number of piperidine rings is 1. The molecule has 1 aliphatic heterocycles. The molecule has 170 valence electrons. The van der Waals surface area contributed by atoms with Crippen molar-refractivity contribution in [3.05, 3.63) is 77.6 Å². The minimum absolute atomic E-state index is 0.000112. The third-order valence-electron chi connectivity index (χ3n) is 6.23. The number of hydrogen-bond acceptors (Lipinski definition) is 5. The van der Waals surface area contributed by atoms with Crippen LogP contribution in [0.3, 0.4) is 0 Å². The van der Waals surface area contributed by atoms with E-state index in [1.165, 1.54) is 0 Å². The van der Waals surface area contributed by atoms with E-state index in [9.17, 15) is 4.79 Å². The zero-order chi connectivity index (χ0) is 22.8. The van der Waals surface area contributed by atoms with E-state index in [4.69, 9.17) is 13.9 Å². The molecular formula is C26H27N3O4. The molecule has 33 heavy (non-hydrogen) atoms. The number of hydrogen-bond donors (Lipinski definition) is 1. The Morgan fingerprint density at radius 1 is 1.12 bits per heavy atom. The topological polar surface area (TPSA) is 80.6 Å². The predicted molar refractivity (Wildman–Crippen MR) is 125 cm³/mol. The van der Waals surface area contributed by atoms with Crippen LogP contribution in [-0.2, 0) is 6.42 Å². The third kappa shape index (κ3) is 4.44. The highest BCUT2D eigenvalue weighted by atomic mass is 16.5. The highest BCUT2D eigenvalue weighted by Gasteiger charge is 2.29. The van der Waals surface area contributed by atoms with E-state index in [1.807, 2.05) is 53.4 Å². The average molecular weight is 446 g/mol. The number of nitrogens with zero attached hydrogens (tertiary/aromatic N) is 2. The number of ether oxygens (including phenoxy) is 2.